The molecule has 2 aromatic heterocycles. The number of alkyl halides is 2. The van der Waals surface area contributed by atoms with E-state index in [4.69, 9.17) is 4.52 Å². The first kappa shape index (κ1) is 23.5. The molecule has 0 radical (unpaired) electrons. The van der Waals surface area contributed by atoms with E-state index in [9.17, 15) is 18.7 Å². The topological polar surface area (TPSA) is 119 Å². The first-order valence-corrected chi connectivity index (χ1v) is 11.1. The van der Waals surface area contributed by atoms with Gasteiger partial charge in [0.2, 0.25) is 11.6 Å². The van der Waals surface area contributed by atoms with Crippen LogP contribution in [0, 0.1) is 6.92 Å². The third-order valence-corrected chi connectivity index (χ3v) is 5.54. The minimum Gasteiger partial charge on any atom is -0.433 e. The number of hydrogen-bond donors (Lipinski definition) is 1. The van der Waals surface area contributed by atoms with Crippen LogP contribution in [0.25, 0.3) is 23.1 Å². The Balaban J connectivity index is 1.30. The van der Waals surface area contributed by atoms with Crippen LogP contribution in [0.1, 0.15) is 28.7 Å². The number of ether oxygens (including phenoxy) is 1. The Bertz CT molecular complexity index is 1390. The van der Waals surface area contributed by atoms with Crippen LogP contribution in [0.3, 0.4) is 0 Å². The second-order valence-electron chi connectivity index (χ2n) is 8.56. The van der Waals surface area contributed by atoms with Gasteiger partial charge < -0.3 is 19.3 Å². The number of benzene rings is 2. The van der Waals surface area contributed by atoms with E-state index >= 15 is 0 Å². The number of nitrogens with zero attached hydrogens (tertiary/aromatic N) is 6. The minimum atomic E-state index is -3.28. The Morgan fingerprint density at radius 3 is 2.61 bits per heavy atom. The van der Waals surface area contributed by atoms with Crippen LogP contribution in [0.5, 0.6) is 5.75 Å². The number of likely N-dealkylation sites (tertiary alicyclic amines) is 1. The van der Waals surface area contributed by atoms with Gasteiger partial charge in [0.25, 0.3) is 11.8 Å². The maximum absolute atomic E-state index is 13.0. The van der Waals surface area contributed by atoms with Gasteiger partial charge in [-0.3, -0.25) is 4.79 Å². The molecule has 1 aliphatic heterocycles. The highest BCUT2D eigenvalue weighted by Crippen LogP contribution is 2.26. The van der Waals surface area contributed by atoms with Crippen LogP contribution in [0.2, 0.25) is 0 Å². The molecule has 10 nitrogen and oxygen atoms in total. The molecule has 5 rings (SSSR count). The van der Waals surface area contributed by atoms with Crippen molar-refractivity contribution in [3.63, 3.8) is 0 Å². The number of aliphatic hydroxyl groups is 1. The lowest BCUT2D eigenvalue weighted by atomic mass is 10.1. The first-order valence-electron chi connectivity index (χ1n) is 11.1. The van der Waals surface area contributed by atoms with Crippen molar-refractivity contribution < 1.29 is 27.9 Å². The molecule has 0 spiro atoms. The molecule has 0 saturated carbocycles. The fourth-order valence-electron chi connectivity index (χ4n) is 3.75. The van der Waals surface area contributed by atoms with Crippen molar-refractivity contribution in [1.29, 1.82) is 0 Å². The number of amides is 1. The van der Waals surface area contributed by atoms with Crippen molar-refractivity contribution in [2.24, 2.45) is 0 Å². The van der Waals surface area contributed by atoms with E-state index in [0.717, 1.165) is 5.56 Å². The lowest BCUT2D eigenvalue weighted by Gasteiger charge is -2.35. The molecule has 0 aliphatic carbocycles. The predicted molar refractivity (Wildman–Crippen MR) is 122 cm³/mol. The molecule has 1 saturated heterocycles. The fraction of sp³-hybridized carbons (Fsp3) is 0.292. The third kappa shape index (κ3) is 5.08. The summed E-state index contributed by atoms with van der Waals surface area (Å²) in [6.07, 6.45) is -3.74. The van der Waals surface area contributed by atoms with E-state index in [1.165, 1.54) is 12.1 Å². The Kier molecular flexibility index (Phi) is 5.96. The van der Waals surface area contributed by atoms with Gasteiger partial charge in [-0.05, 0) is 48.9 Å². The molecule has 2 aromatic carbocycles. The van der Waals surface area contributed by atoms with Gasteiger partial charge in [-0.1, -0.05) is 17.3 Å². The van der Waals surface area contributed by atoms with E-state index in [0.29, 0.717) is 43.5 Å². The van der Waals surface area contributed by atoms with Crippen LogP contribution >= 0.6 is 0 Å². The maximum atomic E-state index is 13.0. The molecule has 0 unspecified atom stereocenters. The average molecular weight is 496 g/mol. The molecule has 1 fully saturated rings. The molecule has 0 atom stereocenters. The number of aryl methyl sites for hydroxylation is 1. The number of β-amino-alcohol motifs (C(OH)–C–C–N with tert-alkyl or cyclic N) is 1. The van der Waals surface area contributed by atoms with Crippen molar-refractivity contribution >= 4 is 5.91 Å². The van der Waals surface area contributed by atoms with Crippen LogP contribution in [-0.4, -0.2) is 66.1 Å². The largest absolute Gasteiger partial charge is 0.433 e. The van der Waals surface area contributed by atoms with E-state index in [1.807, 2.05) is 6.07 Å². The van der Waals surface area contributed by atoms with Gasteiger partial charge >= 0.3 is 6.11 Å². The molecular weight excluding hydrogens is 474 g/mol. The number of carbonyl (C=O) groups excluding carboxylic acids is 1. The summed E-state index contributed by atoms with van der Waals surface area (Å²) in [5.41, 5.74) is 1.94. The fourth-order valence-corrected chi connectivity index (χ4v) is 3.75. The highest BCUT2D eigenvalue weighted by atomic mass is 19.3. The predicted octanol–water partition coefficient (Wildman–Crippen LogP) is 3.16. The van der Waals surface area contributed by atoms with E-state index < -0.39 is 12.2 Å². The molecular formula is C24H22F2N6O4. The summed E-state index contributed by atoms with van der Waals surface area (Å²) >= 11 is 0. The zero-order chi connectivity index (χ0) is 25.4. The Labute approximate surface area is 204 Å². The summed E-state index contributed by atoms with van der Waals surface area (Å²) in [7, 11) is 0. The van der Waals surface area contributed by atoms with Crippen LogP contribution in [0.15, 0.2) is 53.1 Å². The van der Waals surface area contributed by atoms with Crippen LogP contribution in [0.4, 0.5) is 8.78 Å². The molecule has 36 heavy (non-hydrogen) atoms. The van der Waals surface area contributed by atoms with Crippen LogP contribution in [-0.2, 0) is 6.54 Å². The molecule has 12 heteroatoms. The standard InChI is InChI=1S/C24H22F2N6O4/c1-14-27-21(22-28-20(30-36-22)16-6-8-19(9-7-16)35-24(2,25)26)29-32(14)11-15-4-3-5-17(10-15)23(34)31-12-18(33)13-31/h3-10,18,33H,11-13H2,1-2H3. The van der Waals surface area contributed by atoms with Gasteiger partial charge in [0, 0.05) is 31.1 Å². The third-order valence-electron chi connectivity index (χ3n) is 5.54. The molecule has 0 bridgehead atoms. The van der Waals surface area contributed by atoms with Gasteiger partial charge in [-0.15, -0.1) is 5.10 Å². The summed E-state index contributed by atoms with van der Waals surface area (Å²) in [5, 5.41) is 17.8. The van der Waals surface area contributed by atoms with Crippen molar-refractivity contribution in [2.45, 2.75) is 32.6 Å². The summed E-state index contributed by atoms with van der Waals surface area (Å²) in [5.74, 6) is 1.08. The van der Waals surface area contributed by atoms with E-state index in [2.05, 4.69) is 25.0 Å². The Morgan fingerprint density at radius 1 is 1.17 bits per heavy atom. The maximum Gasteiger partial charge on any atom is 0.394 e. The van der Waals surface area contributed by atoms with Crippen molar-refractivity contribution in [2.75, 3.05) is 13.1 Å². The summed E-state index contributed by atoms with van der Waals surface area (Å²) in [6.45, 7) is 3.50. The second-order valence-corrected chi connectivity index (χ2v) is 8.56. The molecule has 1 aliphatic rings. The lowest BCUT2D eigenvalue weighted by Crippen LogP contribution is -2.53. The highest BCUT2D eigenvalue weighted by Gasteiger charge is 2.29. The Morgan fingerprint density at radius 2 is 1.92 bits per heavy atom. The summed E-state index contributed by atoms with van der Waals surface area (Å²) in [6, 6.07) is 13.1. The summed E-state index contributed by atoms with van der Waals surface area (Å²) in [4.78, 5) is 22.9. The molecule has 1 amide bonds. The van der Waals surface area contributed by atoms with Gasteiger partial charge in [0.05, 0.1) is 12.6 Å². The number of rotatable bonds is 7. The van der Waals surface area contributed by atoms with Crippen molar-refractivity contribution in [3.8, 4) is 28.9 Å². The van der Waals surface area contributed by atoms with Gasteiger partial charge in [0.1, 0.15) is 11.6 Å². The molecule has 4 aromatic rings. The Hall–Kier alpha value is -4.19. The molecule has 186 valence electrons. The lowest BCUT2D eigenvalue weighted by molar-refractivity contribution is -0.158. The van der Waals surface area contributed by atoms with Crippen LogP contribution < -0.4 is 4.74 Å². The normalized spacial score (nSPS) is 14.1. The number of hydrogen-bond acceptors (Lipinski definition) is 8. The quantitative estimate of drug-likeness (QED) is 0.414. The average Bonchev–Trinajstić information content (AvgIpc) is 3.43. The first-order chi connectivity index (χ1) is 17.1. The van der Waals surface area contributed by atoms with Gasteiger partial charge in [0.15, 0.2) is 0 Å². The van der Waals surface area contributed by atoms with Gasteiger partial charge in [-0.25, -0.2) is 9.67 Å². The number of aromatic nitrogens is 5. The second kappa shape index (κ2) is 9.11. The number of halogens is 2. The van der Waals surface area contributed by atoms with Crippen molar-refractivity contribution in [3.05, 3.63) is 65.5 Å². The molecule has 3 heterocycles. The van der Waals surface area contributed by atoms with E-state index in [1.54, 1.807) is 46.8 Å². The summed E-state index contributed by atoms with van der Waals surface area (Å²) < 4.78 is 37.5. The smallest absolute Gasteiger partial charge is 0.394 e. The van der Waals surface area contributed by atoms with Crippen molar-refractivity contribution in [1.82, 2.24) is 29.8 Å². The monoisotopic (exact) mass is 496 g/mol. The SMILES string of the molecule is Cc1nc(-c2nc(-c3ccc(OC(C)(F)F)cc3)no2)nn1Cc1cccc(C(=O)N2CC(O)C2)c1. The molecule has 1 N–H and O–H groups in total. The number of carbonyl (C=O) groups is 1. The zero-order valence-electron chi connectivity index (χ0n) is 19.4. The number of aliphatic hydroxyl groups excluding tert-OH is 1. The zero-order valence-corrected chi connectivity index (χ0v) is 19.4. The highest BCUT2D eigenvalue weighted by molar-refractivity contribution is 5.95. The van der Waals surface area contributed by atoms with E-state index in [-0.39, 0.29) is 29.2 Å². The van der Waals surface area contributed by atoms with Gasteiger partial charge in [-0.2, -0.15) is 13.8 Å². The minimum absolute atomic E-state index is 0.0132.